The SMILES string of the molecule is CNS(=O)(=O)c1cccc(OC[C@@H](O)CNC2COC3(CCN(S(=O)(=O)c4cnc(O)nc4)CC3)C2)c1. The van der Waals surface area contributed by atoms with Crippen LogP contribution in [0.2, 0.25) is 0 Å². The summed E-state index contributed by atoms with van der Waals surface area (Å²) in [5.41, 5.74) is -0.435. The molecular formula is C22H31N5O8S2. The van der Waals surface area contributed by atoms with Crippen molar-refractivity contribution >= 4 is 20.0 Å². The Morgan fingerprint density at radius 2 is 1.89 bits per heavy atom. The number of aromatic nitrogens is 2. The zero-order valence-electron chi connectivity index (χ0n) is 20.3. The monoisotopic (exact) mass is 557 g/mol. The minimum Gasteiger partial charge on any atom is -0.491 e. The summed E-state index contributed by atoms with van der Waals surface area (Å²) in [5, 5.41) is 22.8. The van der Waals surface area contributed by atoms with Crippen LogP contribution < -0.4 is 14.8 Å². The van der Waals surface area contributed by atoms with E-state index < -0.39 is 37.8 Å². The second-order valence-corrected chi connectivity index (χ2v) is 12.9. The number of aliphatic hydroxyl groups excluding tert-OH is 1. The van der Waals surface area contributed by atoms with Gasteiger partial charge in [0.05, 0.1) is 29.5 Å². The third kappa shape index (κ3) is 6.54. The van der Waals surface area contributed by atoms with Crippen molar-refractivity contribution < 1.29 is 36.5 Å². The molecule has 0 saturated carbocycles. The molecule has 2 aliphatic heterocycles. The topological polar surface area (TPSA) is 180 Å². The summed E-state index contributed by atoms with van der Waals surface area (Å²) in [5.74, 6) is 0.333. The van der Waals surface area contributed by atoms with Crippen LogP contribution in [-0.2, 0) is 24.8 Å². The van der Waals surface area contributed by atoms with Gasteiger partial charge < -0.3 is 25.0 Å². The summed E-state index contributed by atoms with van der Waals surface area (Å²) < 4.78 is 64.8. The standard InChI is InChI=1S/C22H31N5O8S2/c1-23-36(30,31)19-4-2-3-18(9-19)34-15-17(28)11-24-16-10-22(35-14-16)5-7-27(8-6-22)37(32,33)20-12-25-21(29)26-13-20/h2-4,9,12-13,16-17,23-24,28H,5-8,10-11,14-15H2,1H3,(H,25,26,29)/t16?,17-/m0/s1. The number of aromatic hydroxyl groups is 1. The number of ether oxygens (including phenoxy) is 2. The summed E-state index contributed by atoms with van der Waals surface area (Å²) in [6.07, 6.45) is 3.08. The number of sulfonamides is 2. The highest BCUT2D eigenvalue weighted by Gasteiger charge is 2.44. The molecule has 1 spiro atoms. The highest BCUT2D eigenvalue weighted by molar-refractivity contribution is 7.89. The normalized spacial score (nSPS) is 21.2. The van der Waals surface area contributed by atoms with Gasteiger partial charge in [0.1, 0.15) is 23.4 Å². The number of nitrogens with one attached hydrogen (secondary N) is 2. The Morgan fingerprint density at radius 1 is 1.19 bits per heavy atom. The maximum absolute atomic E-state index is 12.8. The first-order chi connectivity index (χ1) is 17.5. The van der Waals surface area contributed by atoms with Gasteiger partial charge in [-0.25, -0.2) is 31.5 Å². The third-order valence-electron chi connectivity index (χ3n) is 6.56. The summed E-state index contributed by atoms with van der Waals surface area (Å²) in [7, 11) is -6.02. The maximum atomic E-state index is 12.8. The van der Waals surface area contributed by atoms with Crippen molar-refractivity contribution in [1.29, 1.82) is 0 Å². The van der Waals surface area contributed by atoms with Crippen LogP contribution in [-0.4, -0.2) is 99.0 Å². The van der Waals surface area contributed by atoms with Crippen LogP contribution in [0.5, 0.6) is 11.8 Å². The van der Waals surface area contributed by atoms with Crippen LogP contribution in [0.4, 0.5) is 0 Å². The second-order valence-electron chi connectivity index (χ2n) is 9.07. The minimum atomic E-state index is -3.76. The highest BCUT2D eigenvalue weighted by atomic mass is 32.2. The van der Waals surface area contributed by atoms with Crippen LogP contribution in [0.3, 0.4) is 0 Å². The lowest BCUT2D eigenvalue weighted by molar-refractivity contribution is -0.0312. The van der Waals surface area contributed by atoms with Crippen LogP contribution in [0.1, 0.15) is 19.3 Å². The van der Waals surface area contributed by atoms with E-state index in [9.17, 15) is 27.0 Å². The van der Waals surface area contributed by atoms with Crippen LogP contribution in [0, 0.1) is 0 Å². The van der Waals surface area contributed by atoms with E-state index in [0.717, 1.165) is 12.4 Å². The van der Waals surface area contributed by atoms with E-state index in [1.807, 2.05) is 0 Å². The van der Waals surface area contributed by atoms with Gasteiger partial charge in [0.25, 0.3) is 0 Å². The van der Waals surface area contributed by atoms with E-state index in [4.69, 9.17) is 9.47 Å². The molecule has 0 radical (unpaired) electrons. The smallest absolute Gasteiger partial charge is 0.313 e. The molecule has 0 amide bonds. The minimum absolute atomic E-state index is 0.00703. The van der Waals surface area contributed by atoms with E-state index in [2.05, 4.69) is 20.0 Å². The van der Waals surface area contributed by atoms with Crippen LogP contribution in [0.15, 0.2) is 46.5 Å². The summed E-state index contributed by atoms with van der Waals surface area (Å²) in [6, 6.07) is 5.53. The number of rotatable bonds is 10. The molecule has 2 fully saturated rings. The lowest BCUT2D eigenvalue weighted by Gasteiger charge is -2.37. The van der Waals surface area contributed by atoms with E-state index in [1.54, 1.807) is 12.1 Å². The quantitative estimate of drug-likeness (QED) is 0.294. The molecule has 0 bridgehead atoms. The second kappa shape index (κ2) is 11.1. The summed E-state index contributed by atoms with van der Waals surface area (Å²) in [4.78, 5) is 7.11. The molecule has 3 heterocycles. The molecule has 37 heavy (non-hydrogen) atoms. The molecule has 2 saturated heterocycles. The molecule has 13 nitrogen and oxygen atoms in total. The van der Waals surface area contributed by atoms with Gasteiger partial charge in [-0.15, -0.1) is 0 Å². The molecule has 0 aliphatic carbocycles. The summed E-state index contributed by atoms with van der Waals surface area (Å²) in [6.45, 7) is 1.24. The van der Waals surface area contributed by atoms with Gasteiger partial charge in [0.2, 0.25) is 20.0 Å². The Bertz CT molecular complexity index is 1280. The van der Waals surface area contributed by atoms with Gasteiger partial charge in [0, 0.05) is 31.7 Å². The number of aliphatic hydroxyl groups is 1. The number of hydrogen-bond donors (Lipinski definition) is 4. The largest absolute Gasteiger partial charge is 0.491 e. The van der Waals surface area contributed by atoms with Gasteiger partial charge in [-0.3, -0.25) is 0 Å². The maximum Gasteiger partial charge on any atom is 0.313 e. The number of hydrogen-bond acceptors (Lipinski definition) is 11. The van der Waals surface area contributed by atoms with Crippen molar-refractivity contribution in [3.63, 3.8) is 0 Å². The molecule has 2 atom stereocenters. The fourth-order valence-electron chi connectivity index (χ4n) is 4.45. The average molecular weight is 558 g/mol. The molecule has 2 aliphatic rings. The average Bonchev–Trinajstić information content (AvgIpc) is 3.29. The first-order valence-corrected chi connectivity index (χ1v) is 14.7. The first-order valence-electron chi connectivity index (χ1n) is 11.8. The zero-order chi connectivity index (χ0) is 26.7. The Morgan fingerprint density at radius 3 is 2.57 bits per heavy atom. The number of piperidine rings is 1. The lowest BCUT2D eigenvalue weighted by Crippen LogP contribution is -2.47. The van der Waals surface area contributed by atoms with Gasteiger partial charge in [-0.1, -0.05) is 6.07 Å². The molecular weight excluding hydrogens is 526 g/mol. The van der Waals surface area contributed by atoms with E-state index in [1.165, 1.54) is 23.5 Å². The molecule has 15 heteroatoms. The zero-order valence-corrected chi connectivity index (χ0v) is 21.9. The Labute approximate surface area is 215 Å². The molecule has 1 aromatic heterocycles. The fraction of sp³-hybridized carbons (Fsp3) is 0.545. The molecule has 4 N–H and O–H groups in total. The van der Waals surface area contributed by atoms with Crippen molar-refractivity contribution in [2.75, 3.05) is 39.9 Å². The summed E-state index contributed by atoms with van der Waals surface area (Å²) >= 11 is 0. The Kier molecular flexibility index (Phi) is 8.32. The van der Waals surface area contributed by atoms with Gasteiger partial charge in [-0.2, -0.15) is 4.31 Å². The fourth-order valence-corrected chi connectivity index (χ4v) is 6.55. The van der Waals surface area contributed by atoms with Crippen molar-refractivity contribution in [2.24, 2.45) is 0 Å². The van der Waals surface area contributed by atoms with Gasteiger partial charge in [0.15, 0.2) is 0 Å². The molecule has 1 aromatic carbocycles. The van der Waals surface area contributed by atoms with Crippen molar-refractivity contribution in [1.82, 2.24) is 24.3 Å². The van der Waals surface area contributed by atoms with E-state index in [0.29, 0.717) is 31.6 Å². The predicted octanol–water partition coefficient (Wildman–Crippen LogP) is -0.568. The molecule has 1 unspecified atom stereocenters. The van der Waals surface area contributed by atoms with E-state index >= 15 is 0 Å². The van der Waals surface area contributed by atoms with Gasteiger partial charge in [-0.05, 0) is 38.4 Å². The Hall–Kier alpha value is -2.40. The Balaban J connectivity index is 1.22. The van der Waals surface area contributed by atoms with Crippen LogP contribution in [0.25, 0.3) is 0 Å². The molecule has 2 aromatic rings. The van der Waals surface area contributed by atoms with Crippen molar-refractivity contribution in [3.8, 4) is 11.8 Å². The van der Waals surface area contributed by atoms with Gasteiger partial charge >= 0.3 is 6.01 Å². The molecule has 4 rings (SSSR count). The highest BCUT2D eigenvalue weighted by Crippen LogP contribution is 2.37. The van der Waals surface area contributed by atoms with E-state index in [-0.39, 0.29) is 42.1 Å². The van der Waals surface area contributed by atoms with Crippen molar-refractivity contribution in [2.45, 2.75) is 46.8 Å². The number of nitrogens with zero attached hydrogens (tertiary/aromatic N) is 3. The molecule has 204 valence electrons. The number of benzene rings is 1. The van der Waals surface area contributed by atoms with Crippen LogP contribution >= 0.6 is 0 Å². The predicted molar refractivity (Wildman–Crippen MR) is 131 cm³/mol. The third-order valence-corrected chi connectivity index (χ3v) is 9.83. The first kappa shape index (κ1) is 27.6. The van der Waals surface area contributed by atoms with Crippen molar-refractivity contribution in [3.05, 3.63) is 36.7 Å². The lowest BCUT2D eigenvalue weighted by atomic mass is 9.88.